The van der Waals surface area contributed by atoms with Gasteiger partial charge in [0.25, 0.3) is 5.56 Å². The van der Waals surface area contributed by atoms with Crippen LogP contribution in [0.15, 0.2) is 15.7 Å². The van der Waals surface area contributed by atoms with Crippen molar-refractivity contribution in [1.29, 1.82) is 0 Å². The summed E-state index contributed by atoms with van der Waals surface area (Å²) in [6.45, 7) is 0.557. The van der Waals surface area contributed by atoms with Gasteiger partial charge in [-0.3, -0.25) is 14.3 Å². The number of aromatic amines is 1. The number of halogens is 1. The molecule has 3 aliphatic carbocycles. The number of thiophene rings is 1. The number of fused-ring (bicyclic) bond motifs is 2. The van der Waals surface area contributed by atoms with Crippen LogP contribution in [0.4, 0.5) is 4.39 Å². The third-order valence-corrected chi connectivity index (χ3v) is 7.81. The summed E-state index contributed by atoms with van der Waals surface area (Å²) >= 11 is 1.56. The number of nitrogens with zero attached hydrogens (tertiary/aromatic N) is 1. The molecule has 0 bridgehead atoms. The lowest BCUT2D eigenvalue weighted by molar-refractivity contribution is 0.286. The number of rotatable bonds is 4. The van der Waals surface area contributed by atoms with E-state index in [9.17, 15) is 9.59 Å². The van der Waals surface area contributed by atoms with Crippen molar-refractivity contribution in [2.75, 3.05) is 13.7 Å². The van der Waals surface area contributed by atoms with Gasteiger partial charge < -0.3 is 16.2 Å². The number of aryl methyl sites for hydroxylation is 1. The summed E-state index contributed by atoms with van der Waals surface area (Å²) < 4.78 is 22.9. The zero-order valence-corrected chi connectivity index (χ0v) is 17.6. The van der Waals surface area contributed by atoms with E-state index in [1.165, 1.54) is 22.1 Å². The summed E-state index contributed by atoms with van der Waals surface area (Å²) in [7, 11) is 1.46. The van der Waals surface area contributed by atoms with E-state index in [2.05, 4.69) is 4.98 Å². The van der Waals surface area contributed by atoms with Gasteiger partial charge >= 0.3 is 5.69 Å². The van der Waals surface area contributed by atoms with Crippen LogP contribution in [0.2, 0.25) is 0 Å². The van der Waals surface area contributed by atoms with Crippen LogP contribution < -0.4 is 33.3 Å². The Hall–Kier alpha value is -2.39. The Morgan fingerprint density at radius 3 is 2.77 bits per heavy atom. The van der Waals surface area contributed by atoms with Crippen molar-refractivity contribution in [3.05, 3.63) is 52.8 Å². The molecule has 3 unspecified atom stereocenters. The lowest BCUT2D eigenvalue weighted by Crippen LogP contribution is -2.60. The highest BCUT2D eigenvalue weighted by Gasteiger charge is 2.40. The summed E-state index contributed by atoms with van der Waals surface area (Å²) in [5.74, 6) is -0.222. The van der Waals surface area contributed by atoms with E-state index in [1.54, 1.807) is 11.3 Å². The molecule has 0 spiro atoms. The molecule has 0 aromatic carbocycles. The largest absolute Gasteiger partial charge is 0.498 e. The fourth-order valence-corrected chi connectivity index (χ4v) is 6.32. The van der Waals surface area contributed by atoms with Crippen LogP contribution in [-0.2, 0) is 11.2 Å². The second kappa shape index (κ2) is 7.09. The average molecular weight is 433 g/mol. The molecule has 7 nitrogen and oxygen atoms in total. The minimum Gasteiger partial charge on any atom is -0.498 e. The molecule has 5 N–H and O–H groups in total. The number of ether oxygens (including phenoxy) is 1. The lowest BCUT2D eigenvalue weighted by atomic mass is 9.86. The molecule has 0 amide bonds. The highest BCUT2D eigenvalue weighted by molar-refractivity contribution is 7.12. The van der Waals surface area contributed by atoms with E-state index >= 15 is 4.39 Å². The van der Waals surface area contributed by atoms with Gasteiger partial charge in [-0.2, -0.15) is 0 Å². The second-order valence-corrected chi connectivity index (χ2v) is 9.51. The number of hydrogen-bond donors (Lipinski definition) is 3. The maximum Gasteiger partial charge on any atom is 0.329 e. The Balaban J connectivity index is 1.81. The van der Waals surface area contributed by atoms with Crippen LogP contribution in [0, 0.1) is 0 Å². The fourth-order valence-electron chi connectivity index (χ4n) is 4.90. The van der Waals surface area contributed by atoms with Gasteiger partial charge in [0.15, 0.2) is 6.17 Å². The molecular formula is C21H25FN4O3S. The monoisotopic (exact) mass is 432 g/mol. The molecule has 30 heavy (non-hydrogen) atoms. The predicted octanol–water partition coefficient (Wildman–Crippen LogP) is 0.269. The van der Waals surface area contributed by atoms with Gasteiger partial charge in [-0.1, -0.05) is 0 Å². The average Bonchev–Trinajstić information content (AvgIpc) is 3.46. The third kappa shape index (κ3) is 2.79. The quantitative estimate of drug-likeness (QED) is 0.641. The number of nitrogens with one attached hydrogen (secondary N) is 1. The summed E-state index contributed by atoms with van der Waals surface area (Å²) in [5, 5.41) is 0.343. The number of nitrogens with two attached hydrogens (primary N) is 2. The number of methoxy groups -OCH3 is 1. The molecule has 0 radical (unpaired) electrons. The van der Waals surface area contributed by atoms with E-state index < -0.39 is 23.3 Å². The van der Waals surface area contributed by atoms with Crippen molar-refractivity contribution in [1.82, 2.24) is 9.55 Å². The maximum absolute atomic E-state index is 15.7. The first-order chi connectivity index (χ1) is 14.5. The predicted molar refractivity (Wildman–Crippen MR) is 114 cm³/mol. The van der Waals surface area contributed by atoms with Gasteiger partial charge in [0, 0.05) is 15.8 Å². The molecule has 0 saturated heterocycles. The Morgan fingerprint density at radius 2 is 2.10 bits per heavy atom. The first kappa shape index (κ1) is 19.6. The SMILES string of the molecule is COC1=c2c(c(=O)[nH]c(=O)n2C2CC2)=C(N)C(F)C1c1cc2c(s1)CCCC2CN. The van der Waals surface area contributed by atoms with E-state index in [-0.39, 0.29) is 22.9 Å². The molecule has 1 fully saturated rings. The molecule has 0 aliphatic heterocycles. The minimum atomic E-state index is -1.62. The van der Waals surface area contributed by atoms with Crippen LogP contribution in [0.5, 0.6) is 0 Å². The number of hydrogen-bond acceptors (Lipinski definition) is 6. The molecule has 2 aromatic heterocycles. The summed E-state index contributed by atoms with van der Waals surface area (Å²) in [5.41, 5.74) is 12.0. The smallest absolute Gasteiger partial charge is 0.329 e. The Kier molecular flexibility index (Phi) is 4.62. The first-order valence-electron chi connectivity index (χ1n) is 10.4. The summed E-state index contributed by atoms with van der Waals surface area (Å²) in [4.78, 5) is 29.5. The fraction of sp³-hybridized carbons (Fsp3) is 0.524. The van der Waals surface area contributed by atoms with Crippen LogP contribution >= 0.6 is 11.3 Å². The van der Waals surface area contributed by atoms with Crippen LogP contribution in [-0.4, -0.2) is 29.4 Å². The molecule has 9 heteroatoms. The van der Waals surface area contributed by atoms with Crippen molar-refractivity contribution in [3.63, 3.8) is 0 Å². The third-order valence-electron chi connectivity index (χ3n) is 6.52. The van der Waals surface area contributed by atoms with E-state index in [1.807, 2.05) is 6.07 Å². The van der Waals surface area contributed by atoms with Gasteiger partial charge in [-0.05, 0) is 56.2 Å². The van der Waals surface area contributed by atoms with Crippen molar-refractivity contribution >= 4 is 22.8 Å². The number of aromatic nitrogens is 2. The zero-order chi connectivity index (χ0) is 21.2. The number of alkyl halides is 1. The Labute approximate surface area is 175 Å². The second-order valence-electron chi connectivity index (χ2n) is 8.34. The lowest BCUT2D eigenvalue weighted by Gasteiger charge is -2.27. The maximum atomic E-state index is 15.7. The first-order valence-corrected chi connectivity index (χ1v) is 11.2. The van der Waals surface area contributed by atoms with Crippen molar-refractivity contribution in [2.45, 2.75) is 56.2 Å². The summed E-state index contributed by atoms with van der Waals surface area (Å²) in [6, 6.07) is 1.99. The van der Waals surface area contributed by atoms with Gasteiger partial charge in [-0.15, -0.1) is 11.3 Å². The number of H-pyrrole nitrogens is 1. The highest BCUT2D eigenvalue weighted by atomic mass is 32.1. The molecular weight excluding hydrogens is 407 g/mol. The molecule has 2 heterocycles. The molecule has 3 atom stereocenters. The standard InChI is InChI=1S/C21H25FN4O3S/c1-29-19-14(13-7-11-9(8-23)3-2-4-12(11)30-13)16(22)17(24)15-18(19)26(10-5-6-10)21(28)25-20(15)27/h7,9-10,14,16H,2-6,8,23-24H2,1H3,(H,25,27,28). The van der Waals surface area contributed by atoms with Crippen molar-refractivity contribution in [2.24, 2.45) is 11.5 Å². The van der Waals surface area contributed by atoms with Crippen molar-refractivity contribution < 1.29 is 9.13 Å². The minimum absolute atomic E-state index is 0.0169. The molecule has 1 saturated carbocycles. The Morgan fingerprint density at radius 1 is 1.33 bits per heavy atom. The van der Waals surface area contributed by atoms with Gasteiger partial charge in [-0.25, -0.2) is 9.18 Å². The van der Waals surface area contributed by atoms with Crippen LogP contribution in [0.3, 0.4) is 0 Å². The van der Waals surface area contributed by atoms with E-state index in [4.69, 9.17) is 16.2 Å². The van der Waals surface area contributed by atoms with E-state index in [0.717, 1.165) is 37.0 Å². The highest BCUT2D eigenvalue weighted by Crippen LogP contribution is 2.44. The molecule has 160 valence electrons. The van der Waals surface area contributed by atoms with Crippen LogP contribution in [0.25, 0.3) is 11.5 Å². The van der Waals surface area contributed by atoms with Gasteiger partial charge in [0.1, 0.15) is 5.76 Å². The molecule has 5 rings (SSSR count). The topological polar surface area (TPSA) is 116 Å². The molecule has 2 aromatic rings. The van der Waals surface area contributed by atoms with Crippen LogP contribution in [0.1, 0.15) is 58.9 Å². The zero-order valence-electron chi connectivity index (χ0n) is 16.7. The van der Waals surface area contributed by atoms with E-state index in [0.29, 0.717) is 17.7 Å². The van der Waals surface area contributed by atoms with Gasteiger partial charge in [0.2, 0.25) is 0 Å². The normalized spacial score (nSPS) is 25.8. The van der Waals surface area contributed by atoms with Gasteiger partial charge in [0.05, 0.1) is 29.3 Å². The molecule has 3 aliphatic rings. The summed E-state index contributed by atoms with van der Waals surface area (Å²) in [6.07, 6.45) is 3.07. The Bertz CT molecular complexity index is 1260. The van der Waals surface area contributed by atoms with Crippen molar-refractivity contribution in [3.8, 4) is 0 Å².